The Morgan fingerprint density at radius 2 is 1.93 bits per heavy atom. The maximum Gasteiger partial charge on any atom is 0.274 e. The summed E-state index contributed by atoms with van der Waals surface area (Å²) in [6, 6.07) is 11.4. The second kappa shape index (κ2) is 9.21. The van der Waals surface area contributed by atoms with E-state index in [-0.39, 0.29) is 5.91 Å². The average molecular weight is 364 g/mol. The van der Waals surface area contributed by atoms with E-state index in [4.69, 9.17) is 0 Å². The molecular formula is C22H28N4O. The van der Waals surface area contributed by atoms with Crippen molar-refractivity contribution >= 4 is 23.0 Å². The van der Waals surface area contributed by atoms with E-state index in [1.165, 1.54) is 25.7 Å². The van der Waals surface area contributed by atoms with Gasteiger partial charge in [0.15, 0.2) is 0 Å². The number of benzene rings is 1. The van der Waals surface area contributed by atoms with Crippen molar-refractivity contribution in [3.8, 4) is 0 Å². The fourth-order valence-electron chi connectivity index (χ4n) is 3.20. The number of anilines is 3. The molecule has 0 fully saturated rings. The summed E-state index contributed by atoms with van der Waals surface area (Å²) in [5, 5.41) is 6.31. The van der Waals surface area contributed by atoms with Gasteiger partial charge in [-0.1, -0.05) is 11.6 Å². The molecule has 27 heavy (non-hydrogen) atoms. The molecule has 1 aliphatic carbocycles. The van der Waals surface area contributed by atoms with Crippen molar-refractivity contribution in [1.82, 2.24) is 4.98 Å². The zero-order valence-electron chi connectivity index (χ0n) is 16.2. The molecule has 5 nitrogen and oxygen atoms in total. The van der Waals surface area contributed by atoms with Crippen LogP contribution in [-0.2, 0) is 0 Å². The molecule has 0 saturated carbocycles. The van der Waals surface area contributed by atoms with Gasteiger partial charge in [-0.25, -0.2) is 0 Å². The van der Waals surface area contributed by atoms with E-state index < -0.39 is 0 Å². The van der Waals surface area contributed by atoms with E-state index >= 15 is 0 Å². The van der Waals surface area contributed by atoms with E-state index in [1.807, 2.05) is 49.3 Å². The van der Waals surface area contributed by atoms with Gasteiger partial charge in [0.2, 0.25) is 0 Å². The molecule has 1 amide bonds. The Kier molecular flexibility index (Phi) is 6.47. The van der Waals surface area contributed by atoms with Crippen LogP contribution >= 0.6 is 0 Å². The maximum absolute atomic E-state index is 12.5. The van der Waals surface area contributed by atoms with Crippen LogP contribution in [0, 0.1) is 0 Å². The van der Waals surface area contributed by atoms with Crippen LogP contribution in [0.25, 0.3) is 0 Å². The molecular weight excluding hydrogens is 336 g/mol. The lowest BCUT2D eigenvalue weighted by molar-refractivity contribution is 0.102. The summed E-state index contributed by atoms with van der Waals surface area (Å²) in [5.74, 6) is -0.203. The molecule has 0 aliphatic heterocycles. The molecule has 1 aliphatic rings. The predicted octanol–water partition coefficient (Wildman–Crippen LogP) is 4.70. The Morgan fingerprint density at radius 3 is 2.63 bits per heavy atom. The van der Waals surface area contributed by atoms with Gasteiger partial charge in [-0.2, -0.15) is 0 Å². The van der Waals surface area contributed by atoms with Crippen LogP contribution in [0.1, 0.15) is 42.6 Å². The number of amides is 1. The number of carbonyl (C=O) groups excluding carboxylic acids is 1. The molecule has 0 unspecified atom stereocenters. The van der Waals surface area contributed by atoms with Crippen LogP contribution in [-0.4, -0.2) is 31.5 Å². The van der Waals surface area contributed by atoms with Crippen LogP contribution in [0.4, 0.5) is 17.1 Å². The average Bonchev–Trinajstić information content (AvgIpc) is 2.69. The third-order valence-electron chi connectivity index (χ3n) is 4.79. The number of aromatic nitrogens is 1. The quantitative estimate of drug-likeness (QED) is 0.699. The molecule has 5 heteroatoms. The molecule has 0 spiro atoms. The number of allylic oxidation sites excluding steroid dienone is 1. The highest BCUT2D eigenvalue weighted by Crippen LogP contribution is 2.20. The zero-order valence-corrected chi connectivity index (χ0v) is 16.2. The van der Waals surface area contributed by atoms with Crippen LogP contribution in [0.15, 0.2) is 54.2 Å². The number of hydrogen-bond acceptors (Lipinski definition) is 4. The van der Waals surface area contributed by atoms with Gasteiger partial charge in [-0.3, -0.25) is 9.78 Å². The molecule has 1 heterocycles. The molecule has 0 bridgehead atoms. The van der Waals surface area contributed by atoms with Gasteiger partial charge in [0, 0.05) is 43.9 Å². The second-order valence-electron chi connectivity index (χ2n) is 7.11. The topological polar surface area (TPSA) is 57.3 Å². The minimum absolute atomic E-state index is 0.203. The van der Waals surface area contributed by atoms with Crippen molar-refractivity contribution in [2.24, 2.45) is 0 Å². The molecule has 2 aromatic rings. The molecule has 0 radical (unpaired) electrons. The van der Waals surface area contributed by atoms with Gasteiger partial charge >= 0.3 is 0 Å². The van der Waals surface area contributed by atoms with Crippen molar-refractivity contribution in [3.05, 3.63) is 59.9 Å². The van der Waals surface area contributed by atoms with Gasteiger partial charge in [-0.05, 0) is 68.5 Å². The summed E-state index contributed by atoms with van der Waals surface area (Å²) in [4.78, 5) is 18.7. The Balaban J connectivity index is 1.55. The Labute approximate surface area is 161 Å². The number of hydrogen-bond donors (Lipinski definition) is 2. The standard InChI is InChI=1S/C22H28N4O/c1-26(2)20-10-8-18(9-11-20)25-22(27)21-16-19(13-15-24-21)23-14-12-17-6-4-3-5-7-17/h6,8-11,13,15-16H,3-5,7,12,14H2,1-2H3,(H,23,24)(H,25,27). The van der Waals surface area contributed by atoms with E-state index in [0.717, 1.165) is 30.0 Å². The fourth-order valence-corrected chi connectivity index (χ4v) is 3.20. The third kappa shape index (κ3) is 5.58. The highest BCUT2D eigenvalue weighted by molar-refractivity contribution is 6.03. The van der Waals surface area contributed by atoms with Gasteiger partial charge in [-0.15, -0.1) is 0 Å². The highest BCUT2D eigenvalue weighted by Gasteiger charge is 2.09. The molecule has 3 rings (SSSR count). The van der Waals surface area contributed by atoms with Crippen molar-refractivity contribution in [2.45, 2.75) is 32.1 Å². The third-order valence-corrected chi connectivity index (χ3v) is 4.79. The molecule has 2 N–H and O–H groups in total. The first kappa shape index (κ1) is 19.0. The highest BCUT2D eigenvalue weighted by atomic mass is 16.1. The minimum Gasteiger partial charge on any atom is -0.385 e. The van der Waals surface area contributed by atoms with E-state index in [1.54, 1.807) is 17.8 Å². The Bertz CT molecular complexity index is 796. The normalized spacial score (nSPS) is 13.6. The van der Waals surface area contributed by atoms with Crippen molar-refractivity contribution < 1.29 is 4.79 Å². The fraction of sp³-hybridized carbons (Fsp3) is 0.364. The summed E-state index contributed by atoms with van der Waals surface area (Å²) < 4.78 is 0. The first-order chi connectivity index (χ1) is 13.1. The minimum atomic E-state index is -0.203. The monoisotopic (exact) mass is 364 g/mol. The van der Waals surface area contributed by atoms with E-state index in [0.29, 0.717) is 5.69 Å². The second-order valence-corrected chi connectivity index (χ2v) is 7.11. The number of nitrogens with one attached hydrogen (secondary N) is 2. The van der Waals surface area contributed by atoms with Crippen LogP contribution in [0.3, 0.4) is 0 Å². The Hall–Kier alpha value is -2.82. The summed E-state index contributed by atoms with van der Waals surface area (Å²) in [6.45, 7) is 0.878. The van der Waals surface area contributed by atoms with Crippen molar-refractivity contribution in [2.75, 3.05) is 36.2 Å². The van der Waals surface area contributed by atoms with Gasteiger partial charge in [0.25, 0.3) is 5.91 Å². The number of carbonyl (C=O) groups is 1. The van der Waals surface area contributed by atoms with Gasteiger partial charge < -0.3 is 15.5 Å². The van der Waals surface area contributed by atoms with Crippen molar-refractivity contribution in [3.63, 3.8) is 0 Å². The van der Waals surface area contributed by atoms with Crippen molar-refractivity contribution in [1.29, 1.82) is 0 Å². The summed E-state index contributed by atoms with van der Waals surface area (Å²) in [5.41, 5.74) is 4.73. The summed E-state index contributed by atoms with van der Waals surface area (Å²) in [7, 11) is 3.97. The van der Waals surface area contributed by atoms with Crippen LogP contribution in [0.2, 0.25) is 0 Å². The first-order valence-corrected chi connectivity index (χ1v) is 9.58. The smallest absolute Gasteiger partial charge is 0.274 e. The maximum atomic E-state index is 12.5. The lowest BCUT2D eigenvalue weighted by Crippen LogP contribution is -2.14. The SMILES string of the molecule is CN(C)c1ccc(NC(=O)c2cc(NCCC3=CCCCC3)ccn2)cc1. The van der Waals surface area contributed by atoms with Gasteiger partial charge in [0.05, 0.1) is 0 Å². The number of pyridine rings is 1. The number of nitrogens with zero attached hydrogens (tertiary/aromatic N) is 2. The lowest BCUT2D eigenvalue weighted by Gasteiger charge is -2.14. The molecule has 142 valence electrons. The molecule has 0 saturated heterocycles. The molecule has 0 atom stereocenters. The molecule has 1 aromatic heterocycles. The molecule has 1 aromatic carbocycles. The van der Waals surface area contributed by atoms with Crippen LogP contribution in [0.5, 0.6) is 0 Å². The zero-order chi connectivity index (χ0) is 19.1. The first-order valence-electron chi connectivity index (χ1n) is 9.58. The number of rotatable bonds is 7. The lowest BCUT2D eigenvalue weighted by atomic mass is 9.97. The van der Waals surface area contributed by atoms with Crippen LogP contribution < -0.4 is 15.5 Å². The predicted molar refractivity (Wildman–Crippen MR) is 113 cm³/mol. The summed E-state index contributed by atoms with van der Waals surface area (Å²) in [6.07, 6.45) is 10.2. The van der Waals surface area contributed by atoms with Gasteiger partial charge in [0.1, 0.15) is 5.69 Å². The summed E-state index contributed by atoms with van der Waals surface area (Å²) >= 11 is 0. The largest absolute Gasteiger partial charge is 0.385 e. The Morgan fingerprint density at radius 1 is 1.11 bits per heavy atom. The van der Waals surface area contributed by atoms with E-state index in [9.17, 15) is 4.79 Å². The van der Waals surface area contributed by atoms with E-state index in [2.05, 4.69) is 21.7 Å².